The van der Waals surface area contributed by atoms with E-state index in [0.717, 1.165) is 17.8 Å². The monoisotopic (exact) mass is 203 g/mol. The molecule has 0 amide bonds. The second-order valence-corrected chi connectivity index (χ2v) is 4.47. The van der Waals surface area contributed by atoms with Crippen molar-refractivity contribution in [2.24, 2.45) is 5.92 Å². The summed E-state index contributed by atoms with van der Waals surface area (Å²) in [5.41, 5.74) is 8.12. The van der Waals surface area contributed by atoms with Crippen LogP contribution in [0, 0.1) is 12.8 Å². The van der Waals surface area contributed by atoms with E-state index in [0.29, 0.717) is 11.7 Å². The average molecular weight is 203 g/mol. The summed E-state index contributed by atoms with van der Waals surface area (Å²) in [5.74, 6) is 2.28. The van der Waals surface area contributed by atoms with Crippen LogP contribution in [0.3, 0.4) is 0 Å². The van der Waals surface area contributed by atoms with Crippen molar-refractivity contribution in [3.63, 3.8) is 0 Å². The third-order valence-electron chi connectivity index (χ3n) is 2.49. The summed E-state index contributed by atoms with van der Waals surface area (Å²) in [7, 11) is 0. The summed E-state index contributed by atoms with van der Waals surface area (Å²) in [5, 5.41) is 0. The second-order valence-electron chi connectivity index (χ2n) is 4.47. The number of hydrogen-bond donors (Lipinski definition) is 1. The minimum Gasteiger partial charge on any atom is -0.382 e. The Balaban J connectivity index is 2.57. The van der Waals surface area contributed by atoms with Gasteiger partial charge in [0, 0.05) is 12.6 Å². The van der Waals surface area contributed by atoms with Crippen LogP contribution in [-0.4, -0.2) is 9.38 Å². The first-order valence-corrected chi connectivity index (χ1v) is 5.31. The summed E-state index contributed by atoms with van der Waals surface area (Å²) < 4.78 is 2.09. The number of fused-ring (bicyclic) bond motifs is 1. The number of imidazole rings is 1. The number of nitrogens with two attached hydrogens (primary N) is 1. The molecule has 0 aliphatic rings. The molecule has 0 aliphatic heterocycles. The van der Waals surface area contributed by atoms with E-state index in [2.05, 4.69) is 42.3 Å². The molecule has 2 rings (SSSR count). The quantitative estimate of drug-likeness (QED) is 0.814. The van der Waals surface area contributed by atoms with Gasteiger partial charge in [0.05, 0.1) is 5.52 Å². The zero-order valence-corrected chi connectivity index (χ0v) is 9.49. The van der Waals surface area contributed by atoms with Crippen molar-refractivity contribution in [3.05, 3.63) is 29.7 Å². The molecule has 3 nitrogen and oxygen atoms in total. The Morgan fingerprint density at radius 1 is 1.47 bits per heavy atom. The number of hydrogen-bond acceptors (Lipinski definition) is 2. The molecule has 2 heterocycles. The summed E-state index contributed by atoms with van der Waals surface area (Å²) in [6, 6.07) is 4.16. The Morgan fingerprint density at radius 2 is 2.20 bits per heavy atom. The molecular formula is C12H17N3. The fourth-order valence-electron chi connectivity index (χ4n) is 1.79. The van der Waals surface area contributed by atoms with E-state index >= 15 is 0 Å². The summed E-state index contributed by atoms with van der Waals surface area (Å²) in [4.78, 5) is 4.41. The maximum absolute atomic E-state index is 5.89. The van der Waals surface area contributed by atoms with Crippen LogP contribution < -0.4 is 5.73 Å². The first-order chi connectivity index (χ1) is 7.08. The molecule has 80 valence electrons. The number of nitrogens with zero attached hydrogens (tertiary/aromatic N) is 2. The Labute approximate surface area is 89.9 Å². The van der Waals surface area contributed by atoms with Crippen LogP contribution in [0.1, 0.15) is 25.2 Å². The van der Waals surface area contributed by atoms with E-state index in [-0.39, 0.29) is 0 Å². The molecule has 0 fully saturated rings. The second kappa shape index (κ2) is 3.57. The van der Waals surface area contributed by atoms with Crippen LogP contribution >= 0.6 is 0 Å². The smallest absolute Gasteiger partial charge is 0.149 e. The van der Waals surface area contributed by atoms with Crippen LogP contribution in [0.2, 0.25) is 0 Å². The van der Waals surface area contributed by atoms with Crippen LogP contribution in [0.5, 0.6) is 0 Å². The van der Waals surface area contributed by atoms with Crippen molar-refractivity contribution < 1.29 is 0 Å². The minimum absolute atomic E-state index is 0.594. The number of aryl methyl sites for hydroxylation is 1. The number of aromatic nitrogens is 2. The molecular weight excluding hydrogens is 186 g/mol. The van der Waals surface area contributed by atoms with Crippen molar-refractivity contribution in [1.29, 1.82) is 0 Å². The van der Waals surface area contributed by atoms with Gasteiger partial charge in [0.2, 0.25) is 0 Å². The molecule has 0 bridgehead atoms. The lowest BCUT2D eigenvalue weighted by molar-refractivity contribution is 0.619. The number of anilines is 1. The highest BCUT2D eigenvalue weighted by Gasteiger charge is 2.09. The molecule has 0 saturated heterocycles. The Kier molecular flexibility index (Phi) is 2.39. The van der Waals surface area contributed by atoms with Gasteiger partial charge in [-0.15, -0.1) is 0 Å². The maximum atomic E-state index is 5.89. The van der Waals surface area contributed by atoms with Gasteiger partial charge in [-0.2, -0.15) is 0 Å². The highest BCUT2D eigenvalue weighted by atomic mass is 15.1. The number of nitrogen functional groups attached to an aromatic ring is 1. The SMILES string of the molecule is Cc1ccn2c(CC(C)C)nc(N)c2c1. The number of rotatable bonds is 2. The zero-order chi connectivity index (χ0) is 11.0. The highest BCUT2D eigenvalue weighted by molar-refractivity contribution is 5.67. The Hall–Kier alpha value is -1.51. The first-order valence-electron chi connectivity index (χ1n) is 5.31. The van der Waals surface area contributed by atoms with Gasteiger partial charge in [0.15, 0.2) is 0 Å². The molecule has 0 aliphatic carbocycles. The van der Waals surface area contributed by atoms with Gasteiger partial charge >= 0.3 is 0 Å². The molecule has 0 unspecified atom stereocenters. The molecule has 2 N–H and O–H groups in total. The predicted molar refractivity (Wildman–Crippen MR) is 62.9 cm³/mol. The molecule has 0 radical (unpaired) electrons. The van der Waals surface area contributed by atoms with Gasteiger partial charge < -0.3 is 10.1 Å². The highest BCUT2D eigenvalue weighted by Crippen LogP contribution is 2.18. The van der Waals surface area contributed by atoms with E-state index in [1.54, 1.807) is 0 Å². The van der Waals surface area contributed by atoms with Gasteiger partial charge in [-0.3, -0.25) is 0 Å². The molecule has 3 heteroatoms. The number of pyridine rings is 1. The molecule has 2 aromatic heterocycles. The molecule has 15 heavy (non-hydrogen) atoms. The van der Waals surface area contributed by atoms with E-state index in [1.165, 1.54) is 5.56 Å². The van der Waals surface area contributed by atoms with Gasteiger partial charge in [0.1, 0.15) is 11.6 Å². The zero-order valence-electron chi connectivity index (χ0n) is 9.49. The Morgan fingerprint density at radius 3 is 2.87 bits per heavy atom. The summed E-state index contributed by atoms with van der Waals surface area (Å²) in [6.07, 6.45) is 3.01. The summed E-state index contributed by atoms with van der Waals surface area (Å²) in [6.45, 7) is 6.44. The minimum atomic E-state index is 0.594. The van der Waals surface area contributed by atoms with E-state index in [4.69, 9.17) is 5.73 Å². The van der Waals surface area contributed by atoms with E-state index in [1.807, 2.05) is 6.20 Å². The molecule has 0 spiro atoms. The van der Waals surface area contributed by atoms with Crippen molar-refractivity contribution >= 4 is 11.3 Å². The lowest BCUT2D eigenvalue weighted by Gasteiger charge is -2.03. The lowest BCUT2D eigenvalue weighted by Crippen LogP contribution is -2.00. The molecule has 0 aromatic carbocycles. The van der Waals surface area contributed by atoms with E-state index < -0.39 is 0 Å². The van der Waals surface area contributed by atoms with Crippen LogP contribution in [0.15, 0.2) is 18.3 Å². The van der Waals surface area contributed by atoms with Crippen molar-refractivity contribution in [1.82, 2.24) is 9.38 Å². The first kappa shape index (κ1) is 10.0. The van der Waals surface area contributed by atoms with Gasteiger partial charge in [-0.25, -0.2) is 4.98 Å². The van der Waals surface area contributed by atoms with Crippen molar-refractivity contribution in [3.8, 4) is 0 Å². The normalized spacial score (nSPS) is 11.5. The Bertz CT molecular complexity index is 483. The van der Waals surface area contributed by atoms with Gasteiger partial charge in [0.25, 0.3) is 0 Å². The van der Waals surface area contributed by atoms with Gasteiger partial charge in [-0.05, 0) is 30.5 Å². The molecule has 0 atom stereocenters. The van der Waals surface area contributed by atoms with Crippen LogP contribution in [0.4, 0.5) is 5.82 Å². The molecule has 2 aromatic rings. The topological polar surface area (TPSA) is 43.3 Å². The van der Waals surface area contributed by atoms with Crippen molar-refractivity contribution in [2.45, 2.75) is 27.2 Å². The predicted octanol–water partition coefficient (Wildman–Crippen LogP) is 2.42. The average Bonchev–Trinajstić information content (AvgIpc) is 2.42. The van der Waals surface area contributed by atoms with Crippen molar-refractivity contribution in [2.75, 3.05) is 5.73 Å². The lowest BCUT2D eigenvalue weighted by atomic mass is 10.1. The van der Waals surface area contributed by atoms with Gasteiger partial charge in [-0.1, -0.05) is 13.8 Å². The molecule has 0 saturated carbocycles. The standard InChI is InChI=1S/C12H17N3/c1-8(2)6-11-14-12(13)10-7-9(3)4-5-15(10)11/h4-5,7-8H,6,13H2,1-3H3. The summed E-state index contributed by atoms with van der Waals surface area (Å²) >= 11 is 0. The largest absolute Gasteiger partial charge is 0.382 e. The fourth-order valence-corrected chi connectivity index (χ4v) is 1.79. The maximum Gasteiger partial charge on any atom is 0.149 e. The van der Waals surface area contributed by atoms with Crippen LogP contribution in [-0.2, 0) is 6.42 Å². The van der Waals surface area contributed by atoms with E-state index in [9.17, 15) is 0 Å². The third-order valence-corrected chi connectivity index (χ3v) is 2.49. The third kappa shape index (κ3) is 1.82. The van der Waals surface area contributed by atoms with Crippen LogP contribution in [0.25, 0.3) is 5.52 Å². The fraction of sp³-hybridized carbons (Fsp3) is 0.417.